The van der Waals surface area contributed by atoms with Crippen molar-refractivity contribution in [2.24, 2.45) is 0 Å². The molecule has 0 unspecified atom stereocenters. The molecule has 0 spiro atoms. The van der Waals surface area contributed by atoms with Gasteiger partial charge in [0.1, 0.15) is 0 Å². The van der Waals surface area contributed by atoms with Crippen LogP contribution in [0.1, 0.15) is 0 Å². The van der Waals surface area contributed by atoms with E-state index >= 15 is 0 Å². The van der Waals surface area contributed by atoms with Crippen LogP contribution in [-0.4, -0.2) is 0 Å². The standard InChI is InChI=1S/C42H26/c1-2-11-27(12-3-1)31-15-4-5-16-32(31)41-33-17-6-8-19-35(33)42(36-20-9-7-18-34(36)41)38-26-24-30-22-21-28-13-10-14-29-23-25-37(38)40(30)39(28)29/h1-26H. The van der Waals surface area contributed by atoms with E-state index in [1.54, 1.807) is 0 Å². The Hall–Kier alpha value is -5.46. The zero-order valence-electron chi connectivity index (χ0n) is 23.0. The molecular weight excluding hydrogens is 504 g/mol. The molecule has 0 heterocycles. The van der Waals surface area contributed by atoms with Crippen LogP contribution in [0.5, 0.6) is 0 Å². The van der Waals surface area contributed by atoms with Gasteiger partial charge in [0.25, 0.3) is 0 Å². The zero-order chi connectivity index (χ0) is 27.6. The highest BCUT2D eigenvalue weighted by molar-refractivity contribution is 6.29. The second-order valence-electron chi connectivity index (χ2n) is 11.2. The summed E-state index contributed by atoms with van der Waals surface area (Å²) in [7, 11) is 0. The molecule has 0 N–H and O–H groups in total. The Morgan fingerprint density at radius 2 is 0.714 bits per heavy atom. The van der Waals surface area contributed by atoms with Crippen LogP contribution in [0.25, 0.3) is 87.2 Å². The van der Waals surface area contributed by atoms with Crippen molar-refractivity contribution in [3.8, 4) is 33.4 Å². The molecule has 0 aromatic heterocycles. The van der Waals surface area contributed by atoms with Crippen LogP contribution in [0.2, 0.25) is 0 Å². The highest BCUT2D eigenvalue weighted by atomic mass is 14.2. The molecule has 0 nitrogen and oxygen atoms in total. The van der Waals surface area contributed by atoms with Gasteiger partial charge < -0.3 is 0 Å². The first-order valence-electron chi connectivity index (χ1n) is 14.6. The molecule has 0 saturated heterocycles. The van der Waals surface area contributed by atoms with Gasteiger partial charge in [-0.1, -0.05) is 158 Å². The molecule has 9 rings (SSSR count). The molecule has 0 aliphatic rings. The Balaban J connectivity index is 1.44. The van der Waals surface area contributed by atoms with Crippen molar-refractivity contribution in [2.75, 3.05) is 0 Å². The molecule has 42 heavy (non-hydrogen) atoms. The molecule has 0 aliphatic heterocycles. The second-order valence-corrected chi connectivity index (χ2v) is 11.2. The molecule has 0 atom stereocenters. The fourth-order valence-electron chi connectivity index (χ4n) is 7.23. The minimum atomic E-state index is 1.23. The van der Waals surface area contributed by atoms with Crippen molar-refractivity contribution in [1.29, 1.82) is 0 Å². The molecule has 9 aromatic carbocycles. The summed E-state index contributed by atoms with van der Waals surface area (Å²) >= 11 is 0. The Labute approximate surface area is 244 Å². The van der Waals surface area contributed by atoms with Gasteiger partial charge in [-0.2, -0.15) is 0 Å². The molecular formula is C42H26. The minimum Gasteiger partial charge on any atom is -0.0622 e. The van der Waals surface area contributed by atoms with Gasteiger partial charge in [-0.3, -0.25) is 0 Å². The van der Waals surface area contributed by atoms with E-state index in [0.717, 1.165) is 0 Å². The lowest BCUT2D eigenvalue weighted by molar-refractivity contribution is 1.61. The van der Waals surface area contributed by atoms with Gasteiger partial charge in [-0.25, -0.2) is 0 Å². The van der Waals surface area contributed by atoms with Crippen LogP contribution >= 0.6 is 0 Å². The predicted molar refractivity (Wildman–Crippen MR) is 181 cm³/mol. The molecule has 9 aromatic rings. The third-order valence-electron chi connectivity index (χ3n) is 9.01. The van der Waals surface area contributed by atoms with Gasteiger partial charge in [0, 0.05) is 0 Å². The maximum absolute atomic E-state index is 2.34. The third kappa shape index (κ3) is 3.30. The summed E-state index contributed by atoms with van der Waals surface area (Å²) in [4.78, 5) is 0. The summed E-state index contributed by atoms with van der Waals surface area (Å²) in [5.74, 6) is 0. The van der Waals surface area contributed by atoms with Crippen LogP contribution < -0.4 is 0 Å². The fourth-order valence-corrected chi connectivity index (χ4v) is 7.23. The maximum Gasteiger partial charge on any atom is -0.00201 e. The first-order chi connectivity index (χ1) is 20.9. The molecule has 0 aliphatic carbocycles. The van der Waals surface area contributed by atoms with Gasteiger partial charge in [0.05, 0.1) is 0 Å². The Morgan fingerprint density at radius 1 is 0.238 bits per heavy atom. The molecule has 0 radical (unpaired) electrons. The maximum atomic E-state index is 2.34. The average molecular weight is 531 g/mol. The lowest BCUT2D eigenvalue weighted by Crippen LogP contribution is -1.93. The first-order valence-corrected chi connectivity index (χ1v) is 14.6. The van der Waals surface area contributed by atoms with Crippen molar-refractivity contribution < 1.29 is 0 Å². The molecule has 0 fully saturated rings. The fraction of sp³-hybridized carbons (Fsp3) is 0. The summed E-state index contributed by atoms with van der Waals surface area (Å²) in [6.07, 6.45) is 0. The largest absolute Gasteiger partial charge is 0.0622 e. The van der Waals surface area contributed by atoms with E-state index in [1.807, 2.05) is 0 Å². The zero-order valence-corrected chi connectivity index (χ0v) is 23.0. The Bertz CT molecular complexity index is 2370. The summed E-state index contributed by atoms with van der Waals surface area (Å²) in [6, 6.07) is 58.0. The van der Waals surface area contributed by atoms with Gasteiger partial charge >= 0.3 is 0 Å². The monoisotopic (exact) mass is 530 g/mol. The minimum absolute atomic E-state index is 1.23. The van der Waals surface area contributed by atoms with Crippen LogP contribution in [-0.2, 0) is 0 Å². The van der Waals surface area contributed by atoms with Crippen LogP contribution in [0.4, 0.5) is 0 Å². The van der Waals surface area contributed by atoms with Gasteiger partial charge in [0.15, 0.2) is 0 Å². The van der Waals surface area contributed by atoms with Crippen LogP contribution in [0.3, 0.4) is 0 Å². The van der Waals surface area contributed by atoms with Crippen molar-refractivity contribution in [2.45, 2.75) is 0 Å². The smallest absolute Gasteiger partial charge is 0.00201 e. The third-order valence-corrected chi connectivity index (χ3v) is 9.01. The van der Waals surface area contributed by atoms with Gasteiger partial charge in [-0.05, 0) is 87.2 Å². The number of hydrogen-bond donors (Lipinski definition) is 0. The summed E-state index contributed by atoms with van der Waals surface area (Å²) in [5, 5.41) is 13.0. The highest BCUT2D eigenvalue weighted by Crippen LogP contribution is 2.48. The normalized spacial score (nSPS) is 11.8. The summed E-state index contributed by atoms with van der Waals surface area (Å²) in [5.41, 5.74) is 7.64. The SMILES string of the molecule is c1ccc(-c2ccccc2-c2c3ccccc3c(-c3ccc4ccc5cccc6ccc3c4c56)c3ccccc23)cc1. The van der Waals surface area contributed by atoms with Gasteiger partial charge in [0.2, 0.25) is 0 Å². The van der Waals surface area contributed by atoms with E-state index in [1.165, 1.54) is 87.2 Å². The molecule has 0 bridgehead atoms. The Morgan fingerprint density at radius 3 is 1.36 bits per heavy atom. The van der Waals surface area contributed by atoms with E-state index in [9.17, 15) is 0 Å². The van der Waals surface area contributed by atoms with Crippen LogP contribution in [0.15, 0.2) is 158 Å². The van der Waals surface area contributed by atoms with E-state index in [4.69, 9.17) is 0 Å². The predicted octanol–water partition coefficient (Wildman–Crippen LogP) is 11.9. The van der Waals surface area contributed by atoms with E-state index < -0.39 is 0 Å². The van der Waals surface area contributed by atoms with E-state index in [-0.39, 0.29) is 0 Å². The van der Waals surface area contributed by atoms with Crippen molar-refractivity contribution >= 4 is 53.9 Å². The van der Waals surface area contributed by atoms with Crippen molar-refractivity contribution in [3.05, 3.63) is 158 Å². The topological polar surface area (TPSA) is 0 Å². The number of hydrogen-bond acceptors (Lipinski definition) is 0. The Kier molecular flexibility index (Phi) is 5.00. The lowest BCUT2D eigenvalue weighted by Gasteiger charge is -2.21. The number of fused-ring (bicyclic) bond motifs is 2. The number of benzene rings is 9. The van der Waals surface area contributed by atoms with Crippen molar-refractivity contribution in [3.63, 3.8) is 0 Å². The van der Waals surface area contributed by atoms with E-state index in [2.05, 4.69) is 158 Å². The van der Waals surface area contributed by atoms with Gasteiger partial charge in [-0.15, -0.1) is 0 Å². The summed E-state index contributed by atoms with van der Waals surface area (Å²) < 4.78 is 0. The van der Waals surface area contributed by atoms with Crippen LogP contribution in [0, 0.1) is 0 Å². The quantitative estimate of drug-likeness (QED) is 0.157. The van der Waals surface area contributed by atoms with Crippen molar-refractivity contribution in [1.82, 2.24) is 0 Å². The lowest BCUT2D eigenvalue weighted by atomic mass is 9.82. The molecule has 0 saturated carbocycles. The molecule has 194 valence electrons. The summed E-state index contributed by atoms with van der Waals surface area (Å²) in [6.45, 7) is 0. The molecule has 0 amide bonds. The average Bonchev–Trinajstić information content (AvgIpc) is 3.06. The second kappa shape index (κ2) is 9.03. The highest BCUT2D eigenvalue weighted by Gasteiger charge is 2.20. The molecule has 0 heteroatoms. The first kappa shape index (κ1) is 23.3. The number of rotatable bonds is 3. The van der Waals surface area contributed by atoms with E-state index in [0.29, 0.717) is 0 Å².